The lowest BCUT2D eigenvalue weighted by molar-refractivity contribution is -0.143. The molecule has 2 unspecified atom stereocenters. The molecule has 0 aromatic carbocycles. The van der Waals surface area contributed by atoms with Gasteiger partial charge in [0.2, 0.25) is 0 Å². The SMILES string of the molecule is CCNC(=NCC(CCO)CC(C)C)NCC1CCN(CC(F)(F)F)C1.I. The van der Waals surface area contributed by atoms with Crippen LogP contribution >= 0.6 is 24.0 Å². The summed E-state index contributed by atoms with van der Waals surface area (Å²) in [4.78, 5) is 6.08. The van der Waals surface area contributed by atoms with Gasteiger partial charge < -0.3 is 15.7 Å². The van der Waals surface area contributed by atoms with Crippen molar-refractivity contribution in [2.45, 2.75) is 46.2 Å². The largest absolute Gasteiger partial charge is 0.401 e. The fourth-order valence-corrected chi connectivity index (χ4v) is 3.41. The number of likely N-dealkylation sites (tertiary alicyclic amines) is 1. The third-order valence-corrected chi connectivity index (χ3v) is 4.52. The normalized spacial score (nSPS) is 19.9. The highest BCUT2D eigenvalue weighted by atomic mass is 127. The number of hydrogen-bond donors (Lipinski definition) is 3. The quantitative estimate of drug-likeness (QED) is 0.241. The van der Waals surface area contributed by atoms with E-state index in [0.29, 0.717) is 44.0 Å². The van der Waals surface area contributed by atoms with Gasteiger partial charge in [0.1, 0.15) is 0 Å². The average Bonchev–Trinajstić information content (AvgIpc) is 2.95. The van der Waals surface area contributed by atoms with Gasteiger partial charge in [0, 0.05) is 32.8 Å². The van der Waals surface area contributed by atoms with Crippen molar-refractivity contribution in [3.8, 4) is 0 Å². The summed E-state index contributed by atoms with van der Waals surface area (Å²) in [5, 5.41) is 15.7. The first kappa shape index (κ1) is 26.7. The van der Waals surface area contributed by atoms with E-state index in [0.717, 1.165) is 25.8 Å². The summed E-state index contributed by atoms with van der Waals surface area (Å²) >= 11 is 0. The van der Waals surface area contributed by atoms with Gasteiger partial charge in [0.25, 0.3) is 0 Å². The highest BCUT2D eigenvalue weighted by Gasteiger charge is 2.34. The lowest BCUT2D eigenvalue weighted by Gasteiger charge is -2.19. The fourth-order valence-electron chi connectivity index (χ4n) is 3.41. The highest BCUT2D eigenvalue weighted by Crippen LogP contribution is 2.22. The van der Waals surface area contributed by atoms with Gasteiger partial charge in [-0.1, -0.05) is 13.8 Å². The van der Waals surface area contributed by atoms with E-state index in [1.165, 1.54) is 4.90 Å². The molecule has 162 valence electrons. The van der Waals surface area contributed by atoms with Gasteiger partial charge >= 0.3 is 6.18 Å². The number of halogens is 4. The zero-order chi connectivity index (χ0) is 19.6. The molecule has 2 atom stereocenters. The molecule has 1 aliphatic rings. The smallest absolute Gasteiger partial charge is 0.396 e. The second-order valence-electron chi connectivity index (χ2n) is 7.61. The van der Waals surface area contributed by atoms with Gasteiger partial charge in [-0.2, -0.15) is 13.2 Å². The third-order valence-electron chi connectivity index (χ3n) is 4.52. The highest BCUT2D eigenvalue weighted by molar-refractivity contribution is 14.0. The van der Waals surface area contributed by atoms with E-state index in [1.54, 1.807) is 0 Å². The molecule has 1 heterocycles. The molecule has 0 bridgehead atoms. The number of rotatable bonds is 10. The lowest BCUT2D eigenvalue weighted by atomic mass is 9.94. The predicted molar refractivity (Wildman–Crippen MR) is 115 cm³/mol. The molecule has 3 N–H and O–H groups in total. The number of aliphatic hydroxyl groups excluding tert-OH is 1. The Morgan fingerprint density at radius 3 is 2.56 bits per heavy atom. The van der Waals surface area contributed by atoms with Crippen molar-refractivity contribution in [3.05, 3.63) is 0 Å². The molecule has 0 spiro atoms. The molecule has 0 amide bonds. The van der Waals surface area contributed by atoms with Gasteiger partial charge in [0.15, 0.2) is 5.96 Å². The Hall–Kier alpha value is -0.290. The summed E-state index contributed by atoms with van der Waals surface area (Å²) < 4.78 is 37.4. The molecule has 1 saturated heterocycles. The van der Waals surface area contributed by atoms with Crippen molar-refractivity contribution in [1.29, 1.82) is 0 Å². The van der Waals surface area contributed by atoms with Gasteiger partial charge in [0.05, 0.1) is 6.54 Å². The van der Waals surface area contributed by atoms with Crippen LogP contribution in [0.15, 0.2) is 4.99 Å². The summed E-state index contributed by atoms with van der Waals surface area (Å²) in [6.45, 7) is 8.58. The minimum Gasteiger partial charge on any atom is -0.396 e. The Bertz CT molecular complexity index is 422. The minimum atomic E-state index is -4.13. The Morgan fingerprint density at radius 2 is 2.00 bits per heavy atom. The molecule has 0 radical (unpaired) electrons. The van der Waals surface area contributed by atoms with E-state index >= 15 is 0 Å². The van der Waals surface area contributed by atoms with Crippen LogP contribution in [0.1, 0.15) is 40.0 Å². The molecule has 1 aliphatic heterocycles. The molecule has 0 aromatic heterocycles. The first-order valence-corrected chi connectivity index (χ1v) is 9.65. The monoisotopic (exact) mass is 508 g/mol. The minimum absolute atomic E-state index is 0. The maximum atomic E-state index is 12.5. The van der Waals surface area contributed by atoms with Crippen molar-refractivity contribution in [2.75, 3.05) is 45.9 Å². The van der Waals surface area contributed by atoms with Crippen LogP contribution in [0.2, 0.25) is 0 Å². The number of guanidine groups is 1. The predicted octanol–water partition coefficient (Wildman–Crippen LogP) is 3.09. The Balaban J connectivity index is 0.00000676. The Labute approximate surface area is 178 Å². The molecular weight excluding hydrogens is 472 g/mol. The van der Waals surface area contributed by atoms with Crippen LogP contribution in [0.4, 0.5) is 13.2 Å². The summed E-state index contributed by atoms with van der Waals surface area (Å²) in [5.41, 5.74) is 0. The zero-order valence-corrected chi connectivity index (χ0v) is 19.0. The molecule has 9 heteroatoms. The van der Waals surface area contributed by atoms with E-state index in [4.69, 9.17) is 0 Å². The number of nitrogens with zero attached hydrogens (tertiary/aromatic N) is 2. The number of alkyl halides is 3. The van der Waals surface area contributed by atoms with Gasteiger partial charge in [-0.3, -0.25) is 9.89 Å². The van der Waals surface area contributed by atoms with Crippen LogP contribution in [0, 0.1) is 17.8 Å². The summed E-state index contributed by atoms with van der Waals surface area (Å²) in [6, 6.07) is 0. The topological polar surface area (TPSA) is 59.9 Å². The van der Waals surface area contributed by atoms with Gasteiger partial charge in [-0.25, -0.2) is 0 Å². The standard InChI is InChI=1S/C18H35F3N4O.HI/c1-4-22-17(23-10-15(6-8-26)9-14(2)3)24-11-16-5-7-25(12-16)13-18(19,20)21;/h14-16,26H,4-13H2,1-3H3,(H2,22,23,24);1H. The Kier molecular flexibility index (Phi) is 13.7. The first-order valence-electron chi connectivity index (χ1n) is 9.65. The van der Waals surface area contributed by atoms with Crippen LogP contribution in [-0.2, 0) is 0 Å². The van der Waals surface area contributed by atoms with E-state index in [2.05, 4.69) is 29.5 Å². The number of aliphatic hydroxyl groups is 1. The molecule has 1 fully saturated rings. The van der Waals surface area contributed by atoms with Crippen LogP contribution in [0.5, 0.6) is 0 Å². The molecule has 0 saturated carbocycles. The maximum Gasteiger partial charge on any atom is 0.401 e. The van der Waals surface area contributed by atoms with Crippen LogP contribution in [0.3, 0.4) is 0 Å². The second kappa shape index (κ2) is 13.8. The van der Waals surface area contributed by atoms with Crippen molar-refractivity contribution in [3.63, 3.8) is 0 Å². The lowest BCUT2D eigenvalue weighted by Crippen LogP contribution is -2.41. The summed E-state index contributed by atoms with van der Waals surface area (Å²) in [7, 11) is 0. The van der Waals surface area contributed by atoms with Crippen LogP contribution < -0.4 is 10.6 Å². The van der Waals surface area contributed by atoms with E-state index in [1.807, 2.05) is 6.92 Å². The number of nitrogens with one attached hydrogen (secondary N) is 2. The third kappa shape index (κ3) is 12.7. The zero-order valence-electron chi connectivity index (χ0n) is 16.7. The van der Waals surface area contributed by atoms with Crippen LogP contribution in [0.25, 0.3) is 0 Å². The Morgan fingerprint density at radius 1 is 1.30 bits per heavy atom. The summed E-state index contributed by atoms with van der Waals surface area (Å²) in [6.07, 6.45) is -1.62. The molecule has 0 aliphatic carbocycles. The van der Waals surface area contributed by atoms with Crippen molar-refractivity contribution >= 4 is 29.9 Å². The second-order valence-corrected chi connectivity index (χ2v) is 7.61. The van der Waals surface area contributed by atoms with Crippen molar-refractivity contribution in [1.82, 2.24) is 15.5 Å². The van der Waals surface area contributed by atoms with Crippen molar-refractivity contribution < 1.29 is 18.3 Å². The first-order chi connectivity index (χ1) is 12.2. The summed E-state index contributed by atoms with van der Waals surface area (Å²) in [5.74, 6) is 1.79. The molecule has 0 aromatic rings. The number of aliphatic imine (C=N–C) groups is 1. The molecule has 5 nitrogen and oxygen atoms in total. The number of hydrogen-bond acceptors (Lipinski definition) is 3. The van der Waals surface area contributed by atoms with Crippen molar-refractivity contribution in [2.24, 2.45) is 22.7 Å². The fraction of sp³-hybridized carbons (Fsp3) is 0.944. The molecule has 1 rings (SSSR count). The maximum absolute atomic E-state index is 12.5. The van der Waals surface area contributed by atoms with E-state index < -0.39 is 12.7 Å². The van der Waals surface area contributed by atoms with E-state index in [-0.39, 0.29) is 36.5 Å². The van der Waals surface area contributed by atoms with Gasteiger partial charge in [-0.05, 0) is 50.5 Å². The van der Waals surface area contributed by atoms with Gasteiger partial charge in [-0.15, -0.1) is 24.0 Å². The van der Waals surface area contributed by atoms with E-state index in [9.17, 15) is 18.3 Å². The molecule has 27 heavy (non-hydrogen) atoms. The average molecular weight is 508 g/mol. The molecular formula is C18H36F3IN4O. The van der Waals surface area contributed by atoms with Crippen LogP contribution in [-0.4, -0.2) is 68.0 Å².